The summed E-state index contributed by atoms with van der Waals surface area (Å²) in [5, 5.41) is 3.06. The lowest BCUT2D eigenvalue weighted by Crippen LogP contribution is -2.42. The summed E-state index contributed by atoms with van der Waals surface area (Å²) in [7, 11) is 0. The lowest BCUT2D eigenvalue weighted by atomic mass is 9.95. The van der Waals surface area contributed by atoms with Gasteiger partial charge in [-0.1, -0.05) is 36.4 Å². The third-order valence-corrected chi connectivity index (χ3v) is 5.42. The molecule has 1 aliphatic rings. The highest BCUT2D eigenvalue weighted by molar-refractivity contribution is 7.17. The molecule has 0 saturated heterocycles. The van der Waals surface area contributed by atoms with Crippen molar-refractivity contribution < 1.29 is 4.79 Å². The molecular weight excluding hydrogens is 290 g/mol. The number of rotatable bonds is 1. The monoisotopic (exact) mass is 307 g/mol. The zero-order valence-electron chi connectivity index (χ0n) is 12.5. The SMILES string of the molecule is CC1CCc2ccccc2N1C(=O)c1csc2ccccc12. The van der Waals surface area contributed by atoms with E-state index >= 15 is 0 Å². The van der Waals surface area contributed by atoms with Crippen molar-refractivity contribution in [2.24, 2.45) is 0 Å². The van der Waals surface area contributed by atoms with Gasteiger partial charge in [-0.3, -0.25) is 4.79 Å². The Labute approximate surface area is 134 Å². The quantitative estimate of drug-likeness (QED) is 0.627. The molecular formula is C19H17NOS. The Bertz CT molecular complexity index is 851. The summed E-state index contributed by atoms with van der Waals surface area (Å²) >= 11 is 1.64. The van der Waals surface area contributed by atoms with Crippen LogP contribution in [-0.4, -0.2) is 11.9 Å². The predicted molar refractivity (Wildman–Crippen MR) is 92.9 cm³/mol. The summed E-state index contributed by atoms with van der Waals surface area (Å²) in [6.07, 6.45) is 2.07. The zero-order valence-corrected chi connectivity index (χ0v) is 13.3. The van der Waals surface area contributed by atoms with Crippen molar-refractivity contribution in [3.63, 3.8) is 0 Å². The average molecular weight is 307 g/mol. The van der Waals surface area contributed by atoms with E-state index in [0.717, 1.165) is 29.5 Å². The van der Waals surface area contributed by atoms with E-state index in [4.69, 9.17) is 0 Å². The van der Waals surface area contributed by atoms with Crippen LogP contribution in [0.25, 0.3) is 10.1 Å². The number of fused-ring (bicyclic) bond motifs is 2. The molecule has 2 heterocycles. The standard InChI is InChI=1S/C19H17NOS/c1-13-10-11-14-6-2-4-8-17(14)20(13)19(21)16-12-22-18-9-5-3-7-15(16)18/h2-9,12-13H,10-11H2,1H3. The fourth-order valence-corrected chi connectivity index (χ4v) is 4.21. The highest BCUT2D eigenvalue weighted by Gasteiger charge is 2.29. The Balaban J connectivity index is 1.83. The Morgan fingerprint density at radius 1 is 1.14 bits per heavy atom. The van der Waals surface area contributed by atoms with Crippen LogP contribution in [0.1, 0.15) is 29.3 Å². The van der Waals surface area contributed by atoms with Crippen molar-refractivity contribution in [2.75, 3.05) is 4.90 Å². The molecule has 0 bridgehead atoms. The van der Waals surface area contributed by atoms with Gasteiger partial charge < -0.3 is 4.90 Å². The minimum absolute atomic E-state index is 0.122. The molecule has 0 saturated carbocycles. The smallest absolute Gasteiger partial charge is 0.260 e. The number of carbonyl (C=O) groups is 1. The van der Waals surface area contributed by atoms with Gasteiger partial charge in [-0.25, -0.2) is 0 Å². The van der Waals surface area contributed by atoms with E-state index in [1.807, 2.05) is 34.5 Å². The summed E-state index contributed by atoms with van der Waals surface area (Å²) in [4.78, 5) is 15.2. The highest BCUT2D eigenvalue weighted by atomic mass is 32.1. The zero-order chi connectivity index (χ0) is 15.1. The molecule has 3 heteroatoms. The van der Waals surface area contributed by atoms with Gasteiger partial charge in [-0.15, -0.1) is 11.3 Å². The first-order valence-corrected chi connectivity index (χ1v) is 8.51. The number of hydrogen-bond donors (Lipinski definition) is 0. The number of benzene rings is 2. The fraction of sp³-hybridized carbons (Fsp3) is 0.211. The summed E-state index contributed by atoms with van der Waals surface area (Å²) in [5.74, 6) is 0.122. The second-order valence-corrected chi connectivity index (χ2v) is 6.75. The van der Waals surface area contributed by atoms with E-state index in [1.165, 1.54) is 10.3 Å². The van der Waals surface area contributed by atoms with Gasteiger partial charge in [0, 0.05) is 27.2 Å². The molecule has 2 nitrogen and oxygen atoms in total. The molecule has 0 fully saturated rings. The van der Waals surface area contributed by atoms with E-state index in [0.29, 0.717) is 0 Å². The van der Waals surface area contributed by atoms with E-state index in [2.05, 4.69) is 31.2 Å². The first kappa shape index (κ1) is 13.5. The number of hydrogen-bond acceptors (Lipinski definition) is 2. The Kier molecular flexibility index (Phi) is 3.23. The molecule has 1 amide bonds. The third-order valence-electron chi connectivity index (χ3n) is 4.45. The Morgan fingerprint density at radius 3 is 2.82 bits per heavy atom. The van der Waals surface area contributed by atoms with Crippen molar-refractivity contribution in [3.05, 3.63) is 65.0 Å². The maximum absolute atomic E-state index is 13.2. The van der Waals surface area contributed by atoms with Gasteiger partial charge in [0.05, 0.1) is 5.56 Å². The average Bonchev–Trinajstić information content (AvgIpc) is 2.98. The second-order valence-electron chi connectivity index (χ2n) is 5.84. The molecule has 22 heavy (non-hydrogen) atoms. The molecule has 3 aromatic rings. The highest BCUT2D eigenvalue weighted by Crippen LogP contribution is 2.34. The van der Waals surface area contributed by atoms with Crippen LogP contribution < -0.4 is 4.90 Å². The largest absolute Gasteiger partial charge is 0.305 e. The predicted octanol–water partition coefficient (Wildman–Crippen LogP) is 4.88. The molecule has 0 radical (unpaired) electrons. The van der Waals surface area contributed by atoms with Gasteiger partial charge in [0.25, 0.3) is 5.91 Å². The van der Waals surface area contributed by atoms with Crippen LogP contribution in [0.15, 0.2) is 53.9 Å². The first-order chi connectivity index (χ1) is 10.8. The Hall–Kier alpha value is -2.13. The normalized spacial score (nSPS) is 17.5. The number of anilines is 1. The van der Waals surface area contributed by atoms with E-state index in [9.17, 15) is 4.79 Å². The van der Waals surface area contributed by atoms with Crippen LogP contribution in [0, 0.1) is 0 Å². The van der Waals surface area contributed by atoms with Gasteiger partial charge in [0.2, 0.25) is 0 Å². The van der Waals surface area contributed by atoms with E-state index < -0.39 is 0 Å². The Morgan fingerprint density at radius 2 is 1.91 bits per heavy atom. The van der Waals surface area contributed by atoms with Gasteiger partial charge in [-0.2, -0.15) is 0 Å². The molecule has 4 rings (SSSR count). The van der Waals surface area contributed by atoms with E-state index in [1.54, 1.807) is 11.3 Å². The summed E-state index contributed by atoms with van der Waals surface area (Å²) < 4.78 is 1.17. The molecule has 0 spiro atoms. The molecule has 0 N–H and O–H groups in total. The minimum atomic E-state index is 0.122. The number of carbonyl (C=O) groups excluding carboxylic acids is 1. The third kappa shape index (κ3) is 2.04. The van der Waals surface area contributed by atoms with E-state index in [-0.39, 0.29) is 11.9 Å². The van der Waals surface area contributed by atoms with Crippen molar-refractivity contribution in [3.8, 4) is 0 Å². The second kappa shape index (κ2) is 5.25. The maximum Gasteiger partial charge on any atom is 0.260 e. The van der Waals surface area contributed by atoms with Crippen molar-refractivity contribution >= 4 is 33.0 Å². The van der Waals surface area contributed by atoms with Crippen LogP contribution >= 0.6 is 11.3 Å². The molecule has 0 aliphatic carbocycles. The fourth-order valence-electron chi connectivity index (χ4n) is 3.27. The minimum Gasteiger partial charge on any atom is -0.305 e. The lowest BCUT2D eigenvalue weighted by Gasteiger charge is -2.35. The summed E-state index contributed by atoms with van der Waals surface area (Å²) in [6.45, 7) is 2.14. The van der Waals surface area contributed by atoms with Crippen LogP contribution in [0.2, 0.25) is 0 Å². The maximum atomic E-state index is 13.2. The molecule has 1 aromatic heterocycles. The van der Waals surface area contributed by atoms with Crippen LogP contribution in [0.3, 0.4) is 0 Å². The summed E-state index contributed by atoms with van der Waals surface area (Å²) in [6, 6.07) is 16.6. The number of thiophene rings is 1. The number of para-hydroxylation sites is 1. The van der Waals surface area contributed by atoms with Crippen molar-refractivity contribution in [1.82, 2.24) is 0 Å². The van der Waals surface area contributed by atoms with Crippen LogP contribution in [0.5, 0.6) is 0 Å². The van der Waals surface area contributed by atoms with Gasteiger partial charge >= 0.3 is 0 Å². The van der Waals surface area contributed by atoms with Crippen molar-refractivity contribution in [1.29, 1.82) is 0 Å². The molecule has 1 aliphatic heterocycles. The number of amides is 1. The number of aryl methyl sites for hydroxylation is 1. The van der Waals surface area contributed by atoms with Gasteiger partial charge in [-0.05, 0) is 37.5 Å². The molecule has 110 valence electrons. The topological polar surface area (TPSA) is 20.3 Å². The molecule has 1 unspecified atom stereocenters. The molecule has 2 aromatic carbocycles. The first-order valence-electron chi connectivity index (χ1n) is 7.63. The number of nitrogens with zero attached hydrogens (tertiary/aromatic N) is 1. The lowest BCUT2D eigenvalue weighted by molar-refractivity contribution is 0.0977. The van der Waals surface area contributed by atoms with Gasteiger partial charge in [0.1, 0.15) is 0 Å². The van der Waals surface area contributed by atoms with Crippen molar-refractivity contribution in [2.45, 2.75) is 25.8 Å². The van der Waals surface area contributed by atoms with Crippen LogP contribution in [0.4, 0.5) is 5.69 Å². The summed E-state index contributed by atoms with van der Waals surface area (Å²) in [5.41, 5.74) is 3.17. The molecule has 1 atom stereocenters. The van der Waals surface area contributed by atoms with Crippen LogP contribution in [-0.2, 0) is 6.42 Å². The van der Waals surface area contributed by atoms with Gasteiger partial charge in [0.15, 0.2) is 0 Å².